The van der Waals surface area contributed by atoms with E-state index in [1.165, 1.54) is 19.9 Å². The van der Waals surface area contributed by atoms with Crippen molar-refractivity contribution in [3.63, 3.8) is 0 Å². The molecule has 7 heteroatoms. The van der Waals surface area contributed by atoms with E-state index in [-0.39, 0.29) is 6.42 Å². The van der Waals surface area contributed by atoms with E-state index in [0.29, 0.717) is 12.8 Å². The minimum absolute atomic E-state index is 0.138. The van der Waals surface area contributed by atoms with E-state index >= 15 is 0 Å². The van der Waals surface area contributed by atoms with Crippen LogP contribution in [0.25, 0.3) is 0 Å². The number of rotatable bonds is 2. The van der Waals surface area contributed by atoms with Gasteiger partial charge >= 0.3 is 5.97 Å². The maximum absolute atomic E-state index is 13.6. The molecule has 2 aliphatic carbocycles. The molecule has 3 N–H and O–H groups in total. The van der Waals surface area contributed by atoms with Crippen molar-refractivity contribution in [1.82, 2.24) is 0 Å². The summed E-state index contributed by atoms with van der Waals surface area (Å²) in [5.74, 6) is -1.87. The predicted octanol–water partition coefficient (Wildman–Crippen LogP) is 1.52. The largest absolute Gasteiger partial charge is 0.457 e. The van der Waals surface area contributed by atoms with Gasteiger partial charge in [-0.25, -0.2) is 0 Å². The van der Waals surface area contributed by atoms with E-state index in [9.17, 15) is 24.9 Å². The lowest BCUT2D eigenvalue weighted by atomic mass is 9.40. The first-order valence-electron chi connectivity index (χ1n) is 10.2. The van der Waals surface area contributed by atoms with Gasteiger partial charge in [0.25, 0.3) is 0 Å². The number of Topliss-reactive ketones (excluding diaryl/α,β-unsaturated/α-hetero) is 1. The molecule has 8 atom stereocenters. The molecule has 1 saturated heterocycles. The van der Waals surface area contributed by atoms with Crippen molar-refractivity contribution < 1.29 is 34.4 Å². The standard InChI is InChI=1S/C22H34O7/c1-8-19(5)11-14(25)22(27)20(6)13(24)9-10-18(3,4)16(20)15(26)17(28-12(2)23)21(22,7)29-19/h8,13,15-17,24,26-27H,1,9-11H2,2-7H3/t13-,15-,16?,17-,19?,20-,21?,22+/m0/s1. The van der Waals surface area contributed by atoms with Crippen molar-refractivity contribution in [2.24, 2.45) is 16.7 Å². The normalized spacial score (nSPS) is 51.6. The van der Waals surface area contributed by atoms with Gasteiger partial charge in [-0.1, -0.05) is 26.8 Å². The summed E-state index contributed by atoms with van der Waals surface area (Å²) >= 11 is 0. The summed E-state index contributed by atoms with van der Waals surface area (Å²) in [5.41, 5.74) is -7.00. The Hall–Kier alpha value is -1.28. The van der Waals surface area contributed by atoms with E-state index in [0.717, 1.165) is 0 Å². The molecule has 164 valence electrons. The van der Waals surface area contributed by atoms with Crippen molar-refractivity contribution in [1.29, 1.82) is 0 Å². The van der Waals surface area contributed by atoms with Crippen LogP contribution in [0.4, 0.5) is 0 Å². The zero-order valence-corrected chi connectivity index (χ0v) is 18.2. The second-order valence-corrected chi connectivity index (χ2v) is 10.4. The van der Waals surface area contributed by atoms with Crippen molar-refractivity contribution >= 4 is 11.8 Å². The second-order valence-electron chi connectivity index (χ2n) is 10.4. The van der Waals surface area contributed by atoms with Crippen molar-refractivity contribution in [2.75, 3.05) is 0 Å². The molecule has 1 heterocycles. The smallest absolute Gasteiger partial charge is 0.303 e. The molecule has 3 rings (SSSR count). The zero-order valence-electron chi connectivity index (χ0n) is 18.2. The van der Waals surface area contributed by atoms with Crippen molar-refractivity contribution in [3.05, 3.63) is 12.7 Å². The molecule has 0 amide bonds. The summed E-state index contributed by atoms with van der Waals surface area (Å²) in [7, 11) is 0. The lowest BCUT2D eigenvalue weighted by molar-refractivity contribution is -0.370. The topological polar surface area (TPSA) is 113 Å². The molecule has 3 fully saturated rings. The second kappa shape index (κ2) is 6.36. The highest BCUT2D eigenvalue weighted by atomic mass is 16.6. The lowest BCUT2D eigenvalue weighted by Crippen LogP contribution is -2.86. The number of aliphatic hydroxyl groups is 3. The third-order valence-electron chi connectivity index (χ3n) is 8.02. The Labute approximate surface area is 172 Å². The molecule has 3 aliphatic rings. The highest BCUT2D eigenvalue weighted by Gasteiger charge is 2.81. The van der Waals surface area contributed by atoms with Crippen molar-refractivity contribution in [2.45, 2.75) is 95.9 Å². The van der Waals surface area contributed by atoms with E-state index in [2.05, 4.69) is 6.58 Å². The Morgan fingerprint density at radius 1 is 1.24 bits per heavy atom. The van der Waals surface area contributed by atoms with E-state index in [4.69, 9.17) is 9.47 Å². The van der Waals surface area contributed by atoms with E-state index in [1.54, 1.807) is 13.8 Å². The molecule has 0 bridgehead atoms. The Bertz CT molecular complexity index is 747. The van der Waals surface area contributed by atoms with Gasteiger partial charge in [0.2, 0.25) is 0 Å². The SMILES string of the molecule is C=CC1(C)CC(=O)[C@]2(O)C(C)(O1)[C@@H](OC(C)=O)[C@@H](O)C1C(C)(C)CC[C@H](O)[C@@]12C. The van der Waals surface area contributed by atoms with Crippen LogP contribution < -0.4 is 0 Å². The predicted molar refractivity (Wildman–Crippen MR) is 105 cm³/mol. The van der Waals surface area contributed by atoms with Crippen LogP contribution in [-0.2, 0) is 19.1 Å². The van der Waals surface area contributed by atoms with Gasteiger partial charge in [-0.05, 0) is 32.1 Å². The highest BCUT2D eigenvalue weighted by Crippen LogP contribution is 2.66. The van der Waals surface area contributed by atoms with Gasteiger partial charge in [0.1, 0.15) is 5.60 Å². The molecule has 2 saturated carbocycles. The molecule has 29 heavy (non-hydrogen) atoms. The Kier molecular flexibility index (Phi) is 4.91. The number of hydrogen-bond acceptors (Lipinski definition) is 7. The highest BCUT2D eigenvalue weighted by molar-refractivity contribution is 5.92. The quantitative estimate of drug-likeness (QED) is 0.467. The molecular formula is C22H34O7. The van der Waals surface area contributed by atoms with Crippen LogP contribution in [0, 0.1) is 16.7 Å². The number of carbonyl (C=O) groups excluding carboxylic acids is 2. The average molecular weight is 411 g/mol. The van der Waals surface area contributed by atoms with E-state index < -0.39 is 63.6 Å². The molecule has 0 spiro atoms. The molecule has 3 unspecified atom stereocenters. The van der Waals surface area contributed by atoms with Crippen LogP contribution in [0.1, 0.15) is 60.8 Å². The fourth-order valence-electron chi connectivity index (χ4n) is 6.66. The summed E-state index contributed by atoms with van der Waals surface area (Å²) < 4.78 is 11.8. The molecule has 7 nitrogen and oxygen atoms in total. The van der Waals surface area contributed by atoms with Crippen LogP contribution in [0.15, 0.2) is 12.7 Å². The van der Waals surface area contributed by atoms with Gasteiger partial charge in [-0.3, -0.25) is 9.59 Å². The van der Waals surface area contributed by atoms with Gasteiger partial charge in [0.05, 0.1) is 17.8 Å². The van der Waals surface area contributed by atoms with Gasteiger partial charge < -0.3 is 24.8 Å². The van der Waals surface area contributed by atoms with Gasteiger partial charge in [-0.15, -0.1) is 6.58 Å². The fourth-order valence-corrected chi connectivity index (χ4v) is 6.66. The lowest BCUT2D eigenvalue weighted by Gasteiger charge is -2.71. The van der Waals surface area contributed by atoms with Crippen LogP contribution >= 0.6 is 0 Å². The van der Waals surface area contributed by atoms with E-state index in [1.807, 2.05) is 13.8 Å². The van der Waals surface area contributed by atoms with Gasteiger partial charge in [0.15, 0.2) is 17.5 Å². The fraction of sp³-hybridized carbons (Fsp3) is 0.818. The summed E-state index contributed by atoms with van der Waals surface area (Å²) in [6.45, 7) is 13.6. The van der Waals surface area contributed by atoms with Crippen LogP contribution in [0.3, 0.4) is 0 Å². The average Bonchev–Trinajstić information content (AvgIpc) is 2.59. The number of ether oxygens (including phenoxy) is 2. The number of carbonyl (C=O) groups is 2. The molecule has 0 aromatic heterocycles. The summed E-state index contributed by atoms with van der Waals surface area (Å²) in [6.07, 6.45) is -1.29. The first-order chi connectivity index (χ1) is 13.1. The maximum atomic E-state index is 13.6. The summed E-state index contributed by atoms with van der Waals surface area (Å²) in [4.78, 5) is 25.5. The first-order valence-corrected chi connectivity index (χ1v) is 10.2. The third kappa shape index (κ3) is 2.63. The Balaban J connectivity index is 2.33. The number of aliphatic hydroxyl groups excluding tert-OH is 2. The number of esters is 1. The molecular weight excluding hydrogens is 376 g/mol. The summed E-state index contributed by atoms with van der Waals surface area (Å²) in [6, 6.07) is 0. The van der Waals surface area contributed by atoms with Crippen LogP contribution in [0.2, 0.25) is 0 Å². The number of hydrogen-bond donors (Lipinski definition) is 3. The summed E-state index contributed by atoms with van der Waals surface area (Å²) in [5, 5.41) is 34.7. The molecule has 1 aliphatic heterocycles. The Morgan fingerprint density at radius 2 is 1.83 bits per heavy atom. The third-order valence-corrected chi connectivity index (χ3v) is 8.02. The zero-order chi connectivity index (χ0) is 22.2. The Morgan fingerprint density at radius 3 is 2.34 bits per heavy atom. The molecule has 0 radical (unpaired) electrons. The number of fused-ring (bicyclic) bond motifs is 3. The van der Waals surface area contributed by atoms with Gasteiger partial charge in [0, 0.05) is 24.7 Å². The van der Waals surface area contributed by atoms with Crippen molar-refractivity contribution in [3.8, 4) is 0 Å². The minimum Gasteiger partial charge on any atom is -0.457 e. The number of ketones is 1. The van der Waals surface area contributed by atoms with Crippen LogP contribution in [0.5, 0.6) is 0 Å². The van der Waals surface area contributed by atoms with Gasteiger partial charge in [-0.2, -0.15) is 0 Å². The molecule has 0 aromatic carbocycles. The van der Waals surface area contributed by atoms with Crippen LogP contribution in [-0.4, -0.2) is 62.2 Å². The first kappa shape index (κ1) is 22.4. The maximum Gasteiger partial charge on any atom is 0.303 e. The molecule has 0 aromatic rings. The minimum atomic E-state index is -2.18. The monoisotopic (exact) mass is 410 g/mol.